The molecule has 7 nitrogen and oxygen atoms in total. The lowest BCUT2D eigenvalue weighted by atomic mass is 9.84. The number of ether oxygens (including phenoxy) is 1. The molecule has 0 spiro atoms. The summed E-state index contributed by atoms with van der Waals surface area (Å²) in [5.41, 5.74) is 10.4. The van der Waals surface area contributed by atoms with Crippen molar-refractivity contribution in [2.75, 3.05) is 58.1 Å². The summed E-state index contributed by atoms with van der Waals surface area (Å²) < 4.78 is 4.41. The molecule has 1 fully saturated rings. The molecule has 2 heterocycles. The van der Waals surface area contributed by atoms with Crippen LogP contribution in [-0.4, -0.2) is 91.8 Å². The number of nitrogens with one attached hydrogen (secondary N) is 2. The third-order valence-electron chi connectivity index (χ3n) is 15.3. The average Bonchev–Trinajstić information content (AvgIpc) is 3.76. The van der Waals surface area contributed by atoms with Gasteiger partial charge in [0.1, 0.15) is 6.73 Å². The summed E-state index contributed by atoms with van der Waals surface area (Å²) in [6.45, 7) is 3.24. The number of rotatable bonds is 24. The molecule has 76 heavy (non-hydrogen) atoms. The number of amides is 2. The van der Waals surface area contributed by atoms with Gasteiger partial charge in [0.15, 0.2) is 0 Å². The first-order valence-electron chi connectivity index (χ1n) is 26.8. The highest BCUT2D eigenvalue weighted by Crippen LogP contribution is 2.50. The van der Waals surface area contributed by atoms with E-state index >= 15 is 0 Å². The minimum atomic E-state index is -0.473. The number of methoxy groups -OCH3 is 1. The standard InChI is InChI=1S/C67H68N4O3S2/c1-74-50-69-65(73)64-61(53-38-37-51-23-20-21-24-52(51)47-53)48-60-39-40-62(64)71(60)43-22-42-70(44-46-76-67(57-31-14-5-15-32-57,58-33-16-6-17-34-58)59-35-18-7-19-36-59)49-63(72)68-41-45-75-66(54-25-8-2-9-26-54,55-27-10-3-11-28-55)56-29-12-4-13-30-56/h2-21,23-38,47,60,62H,22,39-46,48-50H2,1H3,(H,68,72)(H,69,73)/t60?,62-/m1/s1. The lowest BCUT2D eigenvalue weighted by Gasteiger charge is -2.38. The Labute approximate surface area is 458 Å². The molecule has 8 aromatic rings. The van der Waals surface area contributed by atoms with Gasteiger partial charge >= 0.3 is 0 Å². The summed E-state index contributed by atoms with van der Waals surface area (Å²) in [5, 5.41) is 8.80. The third kappa shape index (κ3) is 11.7. The van der Waals surface area contributed by atoms with Crippen molar-refractivity contribution in [3.8, 4) is 0 Å². The summed E-state index contributed by atoms with van der Waals surface area (Å²) in [7, 11) is 1.61. The van der Waals surface area contributed by atoms with E-state index in [4.69, 9.17) is 4.74 Å². The van der Waals surface area contributed by atoms with Crippen molar-refractivity contribution in [2.45, 2.75) is 47.3 Å². The van der Waals surface area contributed by atoms with Gasteiger partial charge in [-0.1, -0.05) is 218 Å². The van der Waals surface area contributed by atoms with E-state index in [2.05, 4.69) is 245 Å². The molecule has 0 saturated carbocycles. The van der Waals surface area contributed by atoms with Crippen molar-refractivity contribution in [3.63, 3.8) is 0 Å². The molecular formula is C67H68N4O3S2. The lowest BCUT2D eigenvalue weighted by molar-refractivity contribution is -0.122. The maximum absolute atomic E-state index is 14.4. The fraction of sp³-hybridized carbons (Fsp3) is 0.254. The highest BCUT2D eigenvalue weighted by Gasteiger charge is 2.44. The maximum atomic E-state index is 14.4. The van der Waals surface area contributed by atoms with Gasteiger partial charge in [0.25, 0.3) is 5.91 Å². The van der Waals surface area contributed by atoms with E-state index in [0.29, 0.717) is 24.9 Å². The monoisotopic (exact) mass is 1040 g/mol. The second-order valence-corrected chi connectivity index (χ2v) is 22.4. The molecule has 10 rings (SSSR count). The van der Waals surface area contributed by atoms with Crippen molar-refractivity contribution >= 4 is 51.7 Å². The molecule has 386 valence electrons. The zero-order valence-electron chi connectivity index (χ0n) is 43.4. The van der Waals surface area contributed by atoms with Gasteiger partial charge in [0.05, 0.1) is 16.0 Å². The molecule has 8 aromatic carbocycles. The number of benzene rings is 8. The largest absolute Gasteiger partial charge is 0.364 e. The molecule has 0 aromatic heterocycles. The fourth-order valence-corrected chi connectivity index (χ4v) is 14.8. The number of thioether (sulfide) groups is 2. The number of carbonyl (C=O) groups is 2. The Bertz CT molecular complexity index is 2970. The second-order valence-electron chi connectivity index (χ2n) is 19.8. The topological polar surface area (TPSA) is 73.9 Å². The van der Waals surface area contributed by atoms with Crippen LogP contribution < -0.4 is 10.6 Å². The molecule has 2 aliphatic rings. The zero-order valence-corrected chi connectivity index (χ0v) is 45.1. The molecule has 2 bridgehead atoms. The molecule has 2 amide bonds. The smallest absolute Gasteiger partial charge is 0.250 e. The van der Waals surface area contributed by atoms with Crippen LogP contribution in [0.4, 0.5) is 0 Å². The summed E-state index contributed by atoms with van der Waals surface area (Å²) in [6, 6.07) is 80.1. The Morgan fingerprint density at radius 1 is 0.566 bits per heavy atom. The first-order chi connectivity index (χ1) is 37.5. The Balaban J connectivity index is 0.890. The predicted octanol–water partition coefficient (Wildman–Crippen LogP) is 12.8. The third-order valence-corrected chi connectivity index (χ3v) is 18.3. The fourth-order valence-electron chi connectivity index (χ4n) is 11.8. The van der Waals surface area contributed by atoms with Crippen LogP contribution in [0.15, 0.2) is 230 Å². The van der Waals surface area contributed by atoms with Crippen molar-refractivity contribution in [1.29, 1.82) is 0 Å². The normalized spacial score (nSPS) is 15.8. The van der Waals surface area contributed by atoms with E-state index in [1.54, 1.807) is 7.11 Å². The molecule has 1 unspecified atom stereocenters. The molecule has 2 atom stereocenters. The van der Waals surface area contributed by atoms with Gasteiger partial charge in [-0.2, -0.15) is 0 Å². The lowest BCUT2D eigenvalue weighted by Crippen LogP contribution is -2.46. The second kappa shape index (κ2) is 25.4. The molecule has 2 aliphatic heterocycles. The average molecular weight is 1040 g/mol. The van der Waals surface area contributed by atoms with E-state index in [0.717, 1.165) is 61.2 Å². The highest BCUT2D eigenvalue weighted by atomic mass is 32.2. The van der Waals surface area contributed by atoms with Crippen molar-refractivity contribution < 1.29 is 14.3 Å². The minimum absolute atomic E-state index is 0.000100. The zero-order chi connectivity index (χ0) is 52.0. The van der Waals surface area contributed by atoms with E-state index in [9.17, 15) is 9.59 Å². The van der Waals surface area contributed by atoms with Gasteiger partial charge in [-0.05, 0) is 93.6 Å². The van der Waals surface area contributed by atoms with Gasteiger partial charge in [-0.15, -0.1) is 23.5 Å². The first-order valence-corrected chi connectivity index (χ1v) is 28.8. The van der Waals surface area contributed by atoms with Crippen molar-refractivity contribution in [1.82, 2.24) is 20.4 Å². The number of fused-ring (bicyclic) bond motifs is 3. The first kappa shape index (κ1) is 52.7. The van der Waals surface area contributed by atoms with Crippen LogP contribution >= 0.6 is 23.5 Å². The van der Waals surface area contributed by atoms with Gasteiger partial charge in [0.2, 0.25) is 5.91 Å². The number of hydrogen-bond donors (Lipinski definition) is 2. The van der Waals surface area contributed by atoms with Gasteiger partial charge in [0, 0.05) is 55.9 Å². The minimum Gasteiger partial charge on any atom is -0.364 e. The molecule has 1 saturated heterocycles. The van der Waals surface area contributed by atoms with Crippen LogP contribution in [0.3, 0.4) is 0 Å². The summed E-state index contributed by atoms with van der Waals surface area (Å²) >= 11 is 3.80. The van der Waals surface area contributed by atoms with Crippen LogP contribution in [0.1, 0.15) is 64.6 Å². The Hall–Kier alpha value is -6.72. The number of nitrogens with zero attached hydrogens (tertiary/aromatic N) is 2. The summed E-state index contributed by atoms with van der Waals surface area (Å²) in [4.78, 5) is 33.5. The molecule has 2 N–H and O–H groups in total. The SMILES string of the molecule is COCNC(=O)C1=C(c2ccc3ccccc3c2)CC2CC[C@H]1N2CCCN(CCSC(c1ccccc1)(c1ccccc1)c1ccccc1)CC(=O)NCCSC(c1ccccc1)(c1ccccc1)c1ccccc1. The molecule has 0 aliphatic carbocycles. The van der Waals surface area contributed by atoms with Crippen molar-refractivity contribution in [3.05, 3.63) is 269 Å². The van der Waals surface area contributed by atoms with Crippen LogP contribution in [-0.2, 0) is 23.8 Å². The van der Waals surface area contributed by atoms with Crippen LogP contribution in [0.2, 0.25) is 0 Å². The van der Waals surface area contributed by atoms with Gasteiger partial charge in [-0.3, -0.25) is 19.4 Å². The molecular weight excluding hydrogens is 973 g/mol. The van der Waals surface area contributed by atoms with Crippen LogP contribution in [0.5, 0.6) is 0 Å². The number of hydrogen-bond acceptors (Lipinski definition) is 7. The quantitative estimate of drug-likeness (QED) is 0.0355. The Kier molecular flexibility index (Phi) is 17.6. The van der Waals surface area contributed by atoms with Crippen LogP contribution in [0.25, 0.3) is 16.3 Å². The van der Waals surface area contributed by atoms with E-state index in [1.165, 1.54) is 44.2 Å². The van der Waals surface area contributed by atoms with E-state index < -0.39 is 9.49 Å². The van der Waals surface area contributed by atoms with Crippen LogP contribution in [0, 0.1) is 0 Å². The van der Waals surface area contributed by atoms with Gasteiger partial charge < -0.3 is 15.4 Å². The Morgan fingerprint density at radius 2 is 1.04 bits per heavy atom. The Morgan fingerprint density at radius 3 is 1.54 bits per heavy atom. The van der Waals surface area contributed by atoms with Gasteiger partial charge in [-0.25, -0.2) is 0 Å². The number of carbonyl (C=O) groups excluding carboxylic acids is 2. The summed E-state index contributed by atoms with van der Waals surface area (Å²) in [5.74, 6) is 1.46. The summed E-state index contributed by atoms with van der Waals surface area (Å²) in [6.07, 6.45) is 3.63. The van der Waals surface area contributed by atoms with E-state index in [1.807, 2.05) is 23.5 Å². The predicted molar refractivity (Wildman–Crippen MR) is 316 cm³/mol. The van der Waals surface area contributed by atoms with Crippen molar-refractivity contribution in [2.24, 2.45) is 0 Å². The molecule has 0 radical (unpaired) electrons. The highest BCUT2D eigenvalue weighted by molar-refractivity contribution is 8.00. The maximum Gasteiger partial charge on any atom is 0.250 e. The van der Waals surface area contributed by atoms with E-state index in [-0.39, 0.29) is 31.1 Å². The molecule has 9 heteroatoms.